The average molecular weight is 260 g/mol. The summed E-state index contributed by atoms with van der Waals surface area (Å²) in [7, 11) is 2.21. The fourth-order valence-corrected chi connectivity index (χ4v) is 3.94. The summed E-state index contributed by atoms with van der Waals surface area (Å²) >= 11 is 1.93. The van der Waals surface area contributed by atoms with Gasteiger partial charge in [-0.05, 0) is 37.4 Å². The van der Waals surface area contributed by atoms with Crippen LogP contribution in [0, 0.1) is 6.92 Å². The highest BCUT2D eigenvalue weighted by Gasteiger charge is 2.19. The van der Waals surface area contributed by atoms with Crippen LogP contribution in [0.4, 0.5) is 0 Å². The van der Waals surface area contributed by atoms with E-state index in [0.717, 1.165) is 19.5 Å². The van der Waals surface area contributed by atoms with E-state index in [1.165, 1.54) is 21.5 Å². The number of hydrogen-bond acceptors (Lipinski definition) is 3. The number of nitrogens with one attached hydrogen (secondary N) is 1. The first kappa shape index (κ1) is 12.2. The Morgan fingerprint density at radius 2 is 2.22 bits per heavy atom. The van der Waals surface area contributed by atoms with Crippen molar-refractivity contribution in [3.63, 3.8) is 0 Å². The van der Waals surface area contributed by atoms with Gasteiger partial charge in [-0.2, -0.15) is 0 Å². The molecule has 1 aliphatic heterocycles. The van der Waals surface area contributed by atoms with Crippen LogP contribution in [0.5, 0.6) is 0 Å². The fourth-order valence-electron chi connectivity index (χ4n) is 2.85. The number of aryl methyl sites for hydroxylation is 1. The summed E-state index contributed by atoms with van der Waals surface area (Å²) in [5, 5.41) is 5.10. The Bertz CT molecular complexity index is 546. The number of rotatable bonds is 2. The topological polar surface area (TPSA) is 15.3 Å². The third kappa shape index (κ3) is 2.30. The minimum atomic E-state index is 0.598. The van der Waals surface area contributed by atoms with Gasteiger partial charge >= 0.3 is 0 Å². The monoisotopic (exact) mass is 260 g/mol. The molecule has 1 saturated heterocycles. The Hall–Kier alpha value is -0.900. The SMILES string of the molecule is Cc1sc2ccccc2c1CC1CN(C)CCN1. The molecule has 0 saturated carbocycles. The molecule has 0 bridgehead atoms. The van der Waals surface area contributed by atoms with Gasteiger partial charge in [-0.1, -0.05) is 18.2 Å². The number of benzene rings is 1. The number of piperazine rings is 1. The van der Waals surface area contributed by atoms with Gasteiger partial charge < -0.3 is 10.2 Å². The van der Waals surface area contributed by atoms with Crippen LogP contribution in [0.1, 0.15) is 10.4 Å². The molecule has 2 heterocycles. The average Bonchev–Trinajstić information content (AvgIpc) is 2.66. The van der Waals surface area contributed by atoms with Crippen molar-refractivity contribution in [1.29, 1.82) is 0 Å². The minimum absolute atomic E-state index is 0.598. The highest BCUT2D eigenvalue weighted by atomic mass is 32.1. The lowest BCUT2D eigenvalue weighted by Crippen LogP contribution is -2.49. The highest BCUT2D eigenvalue weighted by Crippen LogP contribution is 2.31. The number of likely N-dealkylation sites (N-methyl/N-ethyl adjacent to an activating group) is 1. The van der Waals surface area contributed by atoms with E-state index in [4.69, 9.17) is 0 Å². The van der Waals surface area contributed by atoms with Gasteiger partial charge in [-0.25, -0.2) is 0 Å². The maximum atomic E-state index is 3.64. The zero-order valence-electron chi connectivity index (χ0n) is 11.1. The Kier molecular flexibility index (Phi) is 3.37. The van der Waals surface area contributed by atoms with Crippen LogP contribution in [0.2, 0.25) is 0 Å². The Morgan fingerprint density at radius 3 is 3.06 bits per heavy atom. The number of thiophene rings is 1. The summed E-state index contributed by atoms with van der Waals surface area (Å²) in [6, 6.07) is 9.38. The van der Waals surface area contributed by atoms with Crippen molar-refractivity contribution >= 4 is 21.4 Å². The molecule has 3 heteroatoms. The van der Waals surface area contributed by atoms with E-state index in [1.807, 2.05) is 11.3 Å². The lowest BCUT2D eigenvalue weighted by molar-refractivity contribution is 0.238. The Balaban J connectivity index is 1.87. The van der Waals surface area contributed by atoms with Gasteiger partial charge in [0.25, 0.3) is 0 Å². The van der Waals surface area contributed by atoms with Gasteiger partial charge in [-0.15, -0.1) is 11.3 Å². The minimum Gasteiger partial charge on any atom is -0.311 e. The molecule has 1 aromatic heterocycles. The molecule has 1 aliphatic rings. The van der Waals surface area contributed by atoms with E-state index in [-0.39, 0.29) is 0 Å². The molecule has 1 aromatic carbocycles. The number of nitrogens with zero attached hydrogens (tertiary/aromatic N) is 1. The molecular formula is C15H20N2S. The van der Waals surface area contributed by atoms with Crippen molar-refractivity contribution in [1.82, 2.24) is 10.2 Å². The maximum absolute atomic E-state index is 3.64. The smallest absolute Gasteiger partial charge is 0.0348 e. The summed E-state index contributed by atoms with van der Waals surface area (Å²) in [6.45, 7) is 5.69. The molecule has 2 aromatic rings. The molecule has 1 N–H and O–H groups in total. The first-order valence-corrected chi connectivity index (χ1v) is 7.44. The molecule has 1 atom stereocenters. The second kappa shape index (κ2) is 5.00. The van der Waals surface area contributed by atoms with E-state index >= 15 is 0 Å². The summed E-state index contributed by atoms with van der Waals surface area (Å²) in [6.07, 6.45) is 1.15. The van der Waals surface area contributed by atoms with Gasteiger partial charge in [0.05, 0.1) is 0 Å². The molecule has 0 aliphatic carbocycles. The van der Waals surface area contributed by atoms with E-state index < -0.39 is 0 Å². The van der Waals surface area contributed by atoms with Crippen LogP contribution in [-0.2, 0) is 6.42 Å². The molecular weight excluding hydrogens is 240 g/mol. The zero-order chi connectivity index (χ0) is 12.5. The van der Waals surface area contributed by atoms with Crippen LogP contribution in [0.25, 0.3) is 10.1 Å². The van der Waals surface area contributed by atoms with E-state index in [1.54, 1.807) is 5.56 Å². The van der Waals surface area contributed by atoms with Gasteiger partial charge in [0, 0.05) is 35.3 Å². The fraction of sp³-hybridized carbons (Fsp3) is 0.467. The Morgan fingerprint density at radius 1 is 1.39 bits per heavy atom. The van der Waals surface area contributed by atoms with Crippen LogP contribution in [0.3, 0.4) is 0 Å². The van der Waals surface area contributed by atoms with Crippen LogP contribution >= 0.6 is 11.3 Å². The summed E-state index contributed by atoms with van der Waals surface area (Å²) in [5.74, 6) is 0. The lowest BCUT2D eigenvalue weighted by atomic mass is 10.0. The van der Waals surface area contributed by atoms with Crippen LogP contribution in [-0.4, -0.2) is 37.6 Å². The molecule has 3 rings (SSSR count). The standard InChI is InChI=1S/C15H20N2S/c1-11-14(9-12-10-17(2)8-7-16-12)13-5-3-4-6-15(13)18-11/h3-6,12,16H,7-10H2,1-2H3. The quantitative estimate of drug-likeness (QED) is 0.893. The summed E-state index contributed by atoms with van der Waals surface area (Å²) in [4.78, 5) is 3.90. The highest BCUT2D eigenvalue weighted by molar-refractivity contribution is 7.19. The summed E-state index contributed by atoms with van der Waals surface area (Å²) in [5.41, 5.74) is 1.54. The molecule has 96 valence electrons. The maximum Gasteiger partial charge on any atom is 0.0348 e. The molecule has 1 fully saturated rings. The molecule has 0 radical (unpaired) electrons. The third-order valence-corrected chi connectivity index (χ3v) is 4.94. The first-order valence-electron chi connectivity index (χ1n) is 6.63. The van der Waals surface area contributed by atoms with E-state index in [9.17, 15) is 0 Å². The van der Waals surface area contributed by atoms with Crippen molar-refractivity contribution in [2.75, 3.05) is 26.7 Å². The predicted molar refractivity (Wildman–Crippen MR) is 79.6 cm³/mol. The van der Waals surface area contributed by atoms with Crippen molar-refractivity contribution < 1.29 is 0 Å². The third-order valence-electron chi connectivity index (χ3n) is 3.81. The van der Waals surface area contributed by atoms with Crippen LogP contribution < -0.4 is 5.32 Å². The normalized spacial score (nSPS) is 21.6. The summed E-state index contributed by atoms with van der Waals surface area (Å²) < 4.78 is 1.43. The van der Waals surface area contributed by atoms with Gasteiger partial charge in [-0.3, -0.25) is 0 Å². The first-order chi connectivity index (χ1) is 8.74. The predicted octanol–water partition coefficient (Wildman–Crippen LogP) is 2.66. The van der Waals surface area contributed by atoms with E-state index in [2.05, 4.69) is 48.5 Å². The second-order valence-electron chi connectivity index (χ2n) is 5.25. The van der Waals surface area contributed by atoms with Gasteiger partial charge in [0.15, 0.2) is 0 Å². The van der Waals surface area contributed by atoms with E-state index in [0.29, 0.717) is 6.04 Å². The van der Waals surface area contributed by atoms with Crippen molar-refractivity contribution in [3.8, 4) is 0 Å². The number of hydrogen-bond donors (Lipinski definition) is 1. The Labute approximate surface area is 113 Å². The van der Waals surface area contributed by atoms with Gasteiger partial charge in [0.2, 0.25) is 0 Å². The van der Waals surface area contributed by atoms with Crippen molar-refractivity contribution in [2.24, 2.45) is 0 Å². The lowest BCUT2D eigenvalue weighted by Gasteiger charge is -2.31. The zero-order valence-corrected chi connectivity index (χ0v) is 11.9. The molecule has 18 heavy (non-hydrogen) atoms. The van der Waals surface area contributed by atoms with Gasteiger partial charge in [0.1, 0.15) is 0 Å². The van der Waals surface area contributed by atoms with Crippen molar-refractivity contribution in [3.05, 3.63) is 34.7 Å². The molecule has 2 nitrogen and oxygen atoms in total. The van der Waals surface area contributed by atoms with Crippen molar-refractivity contribution in [2.45, 2.75) is 19.4 Å². The van der Waals surface area contributed by atoms with Crippen LogP contribution in [0.15, 0.2) is 24.3 Å². The molecule has 0 amide bonds. The second-order valence-corrected chi connectivity index (χ2v) is 6.51. The largest absolute Gasteiger partial charge is 0.311 e. The molecule has 1 unspecified atom stereocenters. The molecule has 0 spiro atoms. The number of fused-ring (bicyclic) bond motifs is 1.